The minimum Gasteiger partial charge on any atom is -0.279 e. The quantitative estimate of drug-likeness (QED) is 0.886. The first-order chi connectivity index (χ1) is 9.28. The number of anilines is 1. The van der Waals surface area contributed by atoms with Crippen molar-refractivity contribution < 1.29 is 26.0 Å². The van der Waals surface area contributed by atoms with E-state index in [1.165, 1.54) is 0 Å². The van der Waals surface area contributed by atoms with Crippen LogP contribution in [0.4, 0.5) is 23.2 Å². The molecule has 8 heteroatoms. The Hall–Kier alpha value is -2.09. The number of hydrogen-bond acceptors (Lipinski definition) is 2. The molecule has 2 aromatic carbocycles. The highest BCUT2D eigenvalue weighted by Crippen LogP contribution is 2.21. The molecule has 2 rings (SSSR count). The van der Waals surface area contributed by atoms with Gasteiger partial charge >= 0.3 is 0 Å². The van der Waals surface area contributed by atoms with Crippen LogP contribution in [0, 0.1) is 23.3 Å². The monoisotopic (exact) mass is 305 g/mol. The van der Waals surface area contributed by atoms with Crippen LogP contribution in [0.5, 0.6) is 0 Å². The van der Waals surface area contributed by atoms with Crippen LogP contribution < -0.4 is 4.72 Å². The number of sulfonamides is 1. The normalized spacial score (nSPS) is 11.4. The number of hydrogen-bond donors (Lipinski definition) is 1. The summed E-state index contributed by atoms with van der Waals surface area (Å²) >= 11 is 0. The summed E-state index contributed by atoms with van der Waals surface area (Å²) in [5.74, 6) is -4.25. The lowest BCUT2D eigenvalue weighted by atomic mass is 10.3. The van der Waals surface area contributed by atoms with Crippen LogP contribution in [-0.4, -0.2) is 8.42 Å². The van der Waals surface area contributed by atoms with Crippen molar-refractivity contribution >= 4 is 15.7 Å². The van der Waals surface area contributed by atoms with Gasteiger partial charge in [-0.2, -0.15) is 0 Å². The Labute approximate surface area is 111 Å². The lowest BCUT2D eigenvalue weighted by Gasteiger charge is -2.09. The van der Waals surface area contributed by atoms with Gasteiger partial charge in [0.25, 0.3) is 10.0 Å². The molecule has 0 aromatic heterocycles. The minimum atomic E-state index is -4.42. The van der Waals surface area contributed by atoms with Gasteiger partial charge in [0, 0.05) is 12.1 Å². The first-order valence-corrected chi connectivity index (χ1v) is 6.70. The number of halogens is 4. The van der Waals surface area contributed by atoms with Gasteiger partial charge in [-0.1, -0.05) is 0 Å². The van der Waals surface area contributed by atoms with Gasteiger partial charge in [0.15, 0.2) is 0 Å². The molecule has 0 saturated heterocycles. The highest BCUT2D eigenvalue weighted by molar-refractivity contribution is 7.92. The molecule has 0 heterocycles. The fourth-order valence-electron chi connectivity index (χ4n) is 1.52. The lowest BCUT2D eigenvalue weighted by Crippen LogP contribution is -2.15. The van der Waals surface area contributed by atoms with E-state index >= 15 is 0 Å². The molecule has 0 saturated carbocycles. The number of benzene rings is 2. The van der Waals surface area contributed by atoms with Crippen molar-refractivity contribution in [2.75, 3.05) is 4.72 Å². The van der Waals surface area contributed by atoms with Gasteiger partial charge in [-0.15, -0.1) is 0 Å². The SMILES string of the molecule is O=S(=O)(Nc1cc(F)cc(F)c1)c1ccc(F)cc1F. The van der Waals surface area contributed by atoms with Crippen LogP contribution in [0.15, 0.2) is 41.3 Å². The zero-order valence-electron chi connectivity index (χ0n) is 9.70. The standard InChI is InChI=1S/C12H7F4NO2S/c13-7-1-2-12(11(16)6-7)20(18,19)17-10-4-8(14)3-9(15)5-10/h1-6,17H. The molecular formula is C12H7F4NO2S. The van der Waals surface area contributed by atoms with Gasteiger partial charge in [-0.05, 0) is 24.3 Å². The summed E-state index contributed by atoms with van der Waals surface area (Å²) in [7, 11) is -4.42. The maximum absolute atomic E-state index is 13.4. The van der Waals surface area contributed by atoms with Crippen LogP contribution in [0.1, 0.15) is 0 Å². The molecule has 0 radical (unpaired) electrons. The van der Waals surface area contributed by atoms with Crippen LogP contribution in [0.2, 0.25) is 0 Å². The van der Waals surface area contributed by atoms with E-state index in [2.05, 4.69) is 0 Å². The molecule has 3 nitrogen and oxygen atoms in total. The second kappa shape index (κ2) is 5.12. The Balaban J connectivity index is 2.40. The fraction of sp³-hybridized carbons (Fsp3) is 0. The maximum atomic E-state index is 13.4. The smallest absolute Gasteiger partial charge is 0.264 e. The molecule has 0 fully saturated rings. The van der Waals surface area contributed by atoms with Crippen LogP contribution in [-0.2, 0) is 10.0 Å². The van der Waals surface area contributed by atoms with Crippen molar-refractivity contribution in [3.63, 3.8) is 0 Å². The maximum Gasteiger partial charge on any atom is 0.264 e. The van der Waals surface area contributed by atoms with Gasteiger partial charge in [-0.25, -0.2) is 26.0 Å². The zero-order chi connectivity index (χ0) is 14.9. The Morgan fingerprint density at radius 1 is 0.800 bits per heavy atom. The molecule has 0 aliphatic carbocycles. The molecule has 0 spiro atoms. The Kier molecular flexibility index (Phi) is 3.67. The largest absolute Gasteiger partial charge is 0.279 e. The van der Waals surface area contributed by atoms with E-state index in [1.807, 2.05) is 0 Å². The third kappa shape index (κ3) is 3.08. The minimum absolute atomic E-state index is 0.390. The van der Waals surface area contributed by atoms with Crippen molar-refractivity contribution in [3.8, 4) is 0 Å². The van der Waals surface area contributed by atoms with Crippen LogP contribution in [0.25, 0.3) is 0 Å². The third-order valence-corrected chi connectivity index (χ3v) is 3.71. The molecule has 0 aliphatic rings. The van der Waals surface area contributed by atoms with Crippen molar-refractivity contribution in [2.45, 2.75) is 4.90 Å². The predicted molar refractivity (Wildman–Crippen MR) is 63.5 cm³/mol. The molecular weight excluding hydrogens is 298 g/mol. The van der Waals surface area contributed by atoms with E-state index < -0.39 is 43.9 Å². The van der Waals surface area contributed by atoms with Gasteiger partial charge in [-0.3, -0.25) is 4.72 Å². The first-order valence-electron chi connectivity index (χ1n) is 5.22. The summed E-state index contributed by atoms with van der Waals surface area (Å²) in [6.45, 7) is 0. The van der Waals surface area contributed by atoms with Crippen LogP contribution >= 0.6 is 0 Å². The summed E-state index contributed by atoms with van der Waals surface area (Å²) in [4.78, 5) is -0.830. The molecule has 20 heavy (non-hydrogen) atoms. The molecule has 1 N–H and O–H groups in total. The molecule has 0 bridgehead atoms. The van der Waals surface area contributed by atoms with E-state index in [0.29, 0.717) is 18.2 Å². The molecule has 106 valence electrons. The van der Waals surface area contributed by atoms with E-state index in [-0.39, 0.29) is 0 Å². The van der Waals surface area contributed by atoms with Gasteiger partial charge in [0.1, 0.15) is 28.2 Å². The average molecular weight is 305 g/mol. The number of rotatable bonds is 3. The summed E-state index contributed by atoms with van der Waals surface area (Å²) in [6, 6.07) is 3.85. The zero-order valence-corrected chi connectivity index (χ0v) is 10.5. The van der Waals surface area contributed by atoms with Crippen LogP contribution in [0.3, 0.4) is 0 Å². The Morgan fingerprint density at radius 3 is 1.95 bits per heavy atom. The topological polar surface area (TPSA) is 46.2 Å². The Morgan fingerprint density at radius 2 is 1.40 bits per heavy atom. The summed E-state index contributed by atoms with van der Waals surface area (Å²) < 4.78 is 77.5. The third-order valence-electron chi connectivity index (χ3n) is 2.30. The van der Waals surface area contributed by atoms with Crippen molar-refractivity contribution in [2.24, 2.45) is 0 Å². The summed E-state index contributed by atoms with van der Waals surface area (Å²) in [6.07, 6.45) is 0. The average Bonchev–Trinajstić information content (AvgIpc) is 2.25. The summed E-state index contributed by atoms with van der Waals surface area (Å²) in [5, 5.41) is 0. The number of nitrogens with one attached hydrogen (secondary N) is 1. The van der Waals surface area contributed by atoms with Crippen molar-refractivity contribution in [1.29, 1.82) is 0 Å². The second-order valence-electron chi connectivity index (χ2n) is 3.84. The van der Waals surface area contributed by atoms with Crippen molar-refractivity contribution in [3.05, 3.63) is 59.7 Å². The van der Waals surface area contributed by atoms with Gasteiger partial charge in [0.2, 0.25) is 0 Å². The molecule has 0 aliphatic heterocycles. The molecule has 0 atom stereocenters. The molecule has 0 unspecified atom stereocenters. The fourth-order valence-corrected chi connectivity index (χ4v) is 2.62. The second-order valence-corrected chi connectivity index (χ2v) is 5.49. The van der Waals surface area contributed by atoms with E-state index in [9.17, 15) is 26.0 Å². The van der Waals surface area contributed by atoms with E-state index in [1.54, 1.807) is 4.72 Å². The van der Waals surface area contributed by atoms with Gasteiger partial charge in [0.05, 0.1) is 5.69 Å². The molecule has 2 aromatic rings. The van der Waals surface area contributed by atoms with Crippen molar-refractivity contribution in [1.82, 2.24) is 0 Å². The predicted octanol–water partition coefficient (Wildman–Crippen LogP) is 3.04. The highest BCUT2D eigenvalue weighted by Gasteiger charge is 2.20. The Bertz CT molecular complexity index is 742. The van der Waals surface area contributed by atoms with Gasteiger partial charge < -0.3 is 0 Å². The van der Waals surface area contributed by atoms with E-state index in [0.717, 1.165) is 18.2 Å². The summed E-state index contributed by atoms with van der Waals surface area (Å²) in [5.41, 5.74) is -0.411. The highest BCUT2D eigenvalue weighted by atomic mass is 32.2. The lowest BCUT2D eigenvalue weighted by molar-refractivity contribution is 0.551. The first kappa shape index (κ1) is 14.3. The van der Waals surface area contributed by atoms with E-state index in [4.69, 9.17) is 0 Å². The molecule has 0 amide bonds.